The van der Waals surface area contributed by atoms with Gasteiger partial charge in [0.05, 0.1) is 19.8 Å². The number of aromatic nitrogens is 3. The third kappa shape index (κ3) is 2.90. The molecule has 6 heteroatoms. The lowest BCUT2D eigenvalue weighted by Crippen LogP contribution is -1.94. The van der Waals surface area contributed by atoms with Crippen LogP contribution in [0.4, 0.5) is 0 Å². The number of nitrogens with zero attached hydrogens (tertiary/aromatic N) is 2. The molecular weight excluding hydrogens is 262 g/mol. The first-order valence-corrected chi connectivity index (χ1v) is 6.66. The first kappa shape index (κ1) is 13.5. The van der Waals surface area contributed by atoms with E-state index < -0.39 is 0 Å². The van der Waals surface area contributed by atoms with E-state index in [9.17, 15) is 0 Å². The van der Waals surface area contributed by atoms with Crippen LogP contribution >= 0.6 is 11.8 Å². The fraction of sp³-hybridized carbons (Fsp3) is 0.231. The minimum Gasteiger partial charge on any atom is -0.493 e. The first-order chi connectivity index (χ1) is 9.30. The van der Waals surface area contributed by atoms with Gasteiger partial charge >= 0.3 is 0 Å². The van der Waals surface area contributed by atoms with Gasteiger partial charge in [0.1, 0.15) is 0 Å². The van der Waals surface area contributed by atoms with Crippen molar-refractivity contribution >= 4 is 11.8 Å². The van der Waals surface area contributed by atoms with Crippen LogP contribution in [0.2, 0.25) is 0 Å². The number of rotatable bonds is 6. The molecule has 0 aliphatic rings. The minimum atomic E-state index is 0.640. The van der Waals surface area contributed by atoms with Crippen molar-refractivity contribution in [3.8, 4) is 22.9 Å². The van der Waals surface area contributed by atoms with Crippen LogP contribution in [0.5, 0.6) is 11.5 Å². The number of methoxy groups -OCH3 is 2. The number of hydrogen-bond acceptors (Lipinski definition) is 5. The number of thioether (sulfide) groups is 1. The van der Waals surface area contributed by atoms with Crippen LogP contribution in [0.3, 0.4) is 0 Å². The van der Waals surface area contributed by atoms with Crippen LogP contribution < -0.4 is 9.47 Å². The summed E-state index contributed by atoms with van der Waals surface area (Å²) in [4.78, 5) is 4.41. The maximum absolute atomic E-state index is 5.38. The van der Waals surface area contributed by atoms with Crippen molar-refractivity contribution in [1.82, 2.24) is 15.2 Å². The van der Waals surface area contributed by atoms with Crippen molar-refractivity contribution in [3.63, 3.8) is 0 Å². The number of hydrogen-bond donors (Lipinski definition) is 1. The highest BCUT2D eigenvalue weighted by molar-refractivity contribution is 7.99. The average molecular weight is 277 g/mol. The summed E-state index contributed by atoms with van der Waals surface area (Å²) in [7, 11) is 3.21. The fourth-order valence-corrected chi connectivity index (χ4v) is 2.17. The highest BCUT2D eigenvalue weighted by atomic mass is 32.2. The third-order valence-corrected chi connectivity index (χ3v) is 3.30. The van der Waals surface area contributed by atoms with E-state index in [1.54, 1.807) is 14.2 Å². The number of aromatic amines is 1. The highest BCUT2D eigenvalue weighted by Gasteiger charge is 2.14. The van der Waals surface area contributed by atoms with E-state index in [4.69, 9.17) is 9.47 Å². The molecule has 0 radical (unpaired) electrons. The van der Waals surface area contributed by atoms with E-state index in [1.165, 1.54) is 11.8 Å². The molecule has 19 heavy (non-hydrogen) atoms. The van der Waals surface area contributed by atoms with E-state index in [0.29, 0.717) is 22.5 Å². The molecule has 1 aromatic carbocycles. The minimum absolute atomic E-state index is 0.640. The first-order valence-electron chi connectivity index (χ1n) is 5.67. The van der Waals surface area contributed by atoms with Crippen molar-refractivity contribution in [3.05, 3.63) is 30.9 Å². The van der Waals surface area contributed by atoms with Crippen LogP contribution in [-0.2, 0) is 0 Å². The van der Waals surface area contributed by atoms with Gasteiger partial charge in [0.25, 0.3) is 0 Å². The largest absolute Gasteiger partial charge is 0.493 e. The lowest BCUT2D eigenvalue weighted by molar-refractivity contribution is 0.356. The van der Waals surface area contributed by atoms with Crippen LogP contribution in [-0.4, -0.2) is 35.2 Å². The Kier molecular flexibility index (Phi) is 4.46. The Morgan fingerprint density at radius 3 is 2.89 bits per heavy atom. The Balaban J connectivity index is 2.35. The predicted octanol–water partition coefficient (Wildman–Crippen LogP) is 2.77. The second kappa shape index (κ2) is 6.29. The predicted molar refractivity (Wildman–Crippen MR) is 75.8 cm³/mol. The summed E-state index contributed by atoms with van der Waals surface area (Å²) in [6, 6.07) is 5.63. The topological polar surface area (TPSA) is 60.0 Å². The number of para-hydroxylation sites is 1. The van der Waals surface area contributed by atoms with Crippen molar-refractivity contribution in [2.24, 2.45) is 0 Å². The fourth-order valence-electron chi connectivity index (χ4n) is 1.64. The molecule has 1 aromatic heterocycles. The maximum atomic E-state index is 5.38. The zero-order chi connectivity index (χ0) is 13.7. The van der Waals surface area contributed by atoms with Gasteiger partial charge in [-0.05, 0) is 12.1 Å². The van der Waals surface area contributed by atoms with Crippen molar-refractivity contribution in [2.75, 3.05) is 20.0 Å². The second-order valence-electron chi connectivity index (χ2n) is 3.61. The summed E-state index contributed by atoms with van der Waals surface area (Å²) >= 11 is 1.52. The Morgan fingerprint density at radius 2 is 2.21 bits per heavy atom. The molecular formula is C13H15N3O2S. The Bertz CT molecular complexity index is 569. The van der Waals surface area contributed by atoms with Crippen LogP contribution in [0.15, 0.2) is 36.0 Å². The normalized spacial score (nSPS) is 10.2. The summed E-state index contributed by atoms with van der Waals surface area (Å²) in [6.45, 7) is 3.67. The maximum Gasteiger partial charge on any atom is 0.209 e. The molecule has 1 N–H and O–H groups in total. The number of benzene rings is 1. The van der Waals surface area contributed by atoms with Crippen LogP contribution in [0, 0.1) is 0 Å². The molecule has 0 aliphatic carbocycles. The lowest BCUT2D eigenvalue weighted by atomic mass is 10.2. The third-order valence-electron chi connectivity index (χ3n) is 2.45. The summed E-state index contributed by atoms with van der Waals surface area (Å²) < 4.78 is 10.6. The van der Waals surface area contributed by atoms with E-state index in [-0.39, 0.29) is 0 Å². The monoisotopic (exact) mass is 277 g/mol. The molecule has 2 aromatic rings. The number of ether oxygens (including phenoxy) is 2. The zero-order valence-corrected chi connectivity index (χ0v) is 11.7. The molecule has 0 saturated heterocycles. The van der Waals surface area contributed by atoms with Crippen LogP contribution in [0.1, 0.15) is 0 Å². The average Bonchev–Trinajstić information content (AvgIpc) is 2.92. The molecule has 0 aliphatic heterocycles. The summed E-state index contributed by atoms with van der Waals surface area (Å²) in [6.07, 6.45) is 1.81. The quantitative estimate of drug-likeness (QED) is 0.650. The molecule has 100 valence electrons. The zero-order valence-electron chi connectivity index (χ0n) is 10.8. The van der Waals surface area contributed by atoms with E-state index in [2.05, 4.69) is 21.8 Å². The number of nitrogens with one attached hydrogen (secondary N) is 1. The van der Waals surface area contributed by atoms with Crippen molar-refractivity contribution in [1.29, 1.82) is 0 Å². The number of H-pyrrole nitrogens is 1. The Morgan fingerprint density at radius 1 is 1.37 bits per heavy atom. The highest BCUT2D eigenvalue weighted by Crippen LogP contribution is 2.36. The van der Waals surface area contributed by atoms with Gasteiger partial charge in [-0.15, -0.1) is 11.7 Å². The van der Waals surface area contributed by atoms with E-state index >= 15 is 0 Å². The molecule has 0 unspecified atom stereocenters. The Hall–Kier alpha value is -1.95. The van der Waals surface area contributed by atoms with Gasteiger partial charge in [-0.3, -0.25) is 5.10 Å². The molecule has 5 nitrogen and oxygen atoms in total. The van der Waals surface area contributed by atoms with Crippen molar-refractivity contribution in [2.45, 2.75) is 5.16 Å². The molecule has 2 rings (SSSR count). The van der Waals surface area contributed by atoms with E-state index in [0.717, 1.165) is 11.3 Å². The van der Waals surface area contributed by atoms with Gasteiger partial charge in [0, 0.05) is 5.75 Å². The van der Waals surface area contributed by atoms with Gasteiger partial charge in [0.15, 0.2) is 17.3 Å². The van der Waals surface area contributed by atoms with Gasteiger partial charge in [-0.2, -0.15) is 0 Å². The smallest absolute Gasteiger partial charge is 0.209 e. The summed E-state index contributed by atoms with van der Waals surface area (Å²) in [5.41, 5.74) is 0.819. The Labute approximate surface area is 116 Å². The van der Waals surface area contributed by atoms with Gasteiger partial charge in [-0.25, -0.2) is 4.98 Å². The molecule has 0 fully saturated rings. The molecule has 1 heterocycles. The summed E-state index contributed by atoms with van der Waals surface area (Å²) in [5.74, 6) is 2.73. The summed E-state index contributed by atoms with van der Waals surface area (Å²) in [5, 5.41) is 7.73. The van der Waals surface area contributed by atoms with E-state index in [1.807, 2.05) is 24.3 Å². The second-order valence-corrected chi connectivity index (χ2v) is 4.59. The van der Waals surface area contributed by atoms with Gasteiger partial charge in [-0.1, -0.05) is 23.9 Å². The van der Waals surface area contributed by atoms with Crippen LogP contribution in [0.25, 0.3) is 11.4 Å². The SMILES string of the molecule is C=CCSc1n[nH]c(-c2cccc(OC)c2OC)n1. The van der Waals surface area contributed by atoms with Crippen molar-refractivity contribution < 1.29 is 9.47 Å². The molecule has 0 amide bonds. The molecule has 0 spiro atoms. The lowest BCUT2D eigenvalue weighted by Gasteiger charge is -2.10. The molecule has 0 atom stereocenters. The standard InChI is InChI=1S/C13H15N3O2S/c1-4-8-19-13-14-12(15-16-13)9-6-5-7-10(17-2)11(9)18-3/h4-7H,1,8H2,2-3H3,(H,14,15,16). The molecule has 0 bridgehead atoms. The van der Waals surface area contributed by atoms with Gasteiger partial charge < -0.3 is 9.47 Å². The van der Waals surface area contributed by atoms with Gasteiger partial charge in [0.2, 0.25) is 5.16 Å². The molecule has 0 saturated carbocycles.